The highest BCUT2D eigenvalue weighted by Crippen LogP contribution is 2.54. The van der Waals surface area contributed by atoms with Crippen LogP contribution in [0.1, 0.15) is 73.6 Å². The number of fused-ring (bicyclic) bond motifs is 5. The lowest BCUT2D eigenvalue weighted by atomic mass is 9.95. The molecule has 4 nitrogen and oxygen atoms in total. The van der Waals surface area contributed by atoms with Crippen molar-refractivity contribution in [3.8, 4) is 5.69 Å². The molecule has 0 aliphatic heterocycles. The summed E-state index contributed by atoms with van der Waals surface area (Å²) in [6.45, 7) is 5.98. The number of amides is 1. The molecule has 0 radical (unpaired) electrons. The molecular weight excluding hydrogens is 322 g/mol. The second-order valence-corrected chi connectivity index (χ2v) is 8.38. The number of aromatic nitrogens is 2. The summed E-state index contributed by atoms with van der Waals surface area (Å²) >= 11 is 6.01. The van der Waals surface area contributed by atoms with Gasteiger partial charge in [-0.1, -0.05) is 11.6 Å². The zero-order valence-corrected chi connectivity index (χ0v) is 15.0. The number of hydrogen-bond acceptors (Lipinski definition) is 2. The molecule has 1 saturated carbocycles. The van der Waals surface area contributed by atoms with Crippen molar-refractivity contribution in [3.63, 3.8) is 0 Å². The summed E-state index contributed by atoms with van der Waals surface area (Å²) < 4.78 is 1.97. The Labute approximate surface area is 147 Å². The standard InChI is InChI=1S/C19H22ClN3O/c1-19(2,3)21-18(24)16-15-11-4-5-12(10-11)17(15)23(22-16)14-8-6-13(20)7-9-14/h6-9,11-12H,4-5,10H2,1-3H3,(H,21,24)/t11-,12+/m1/s1. The van der Waals surface area contributed by atoms with Crippen LogP contribution in [-0.2, 0) is 0 Å². The molecule has 0 unspecified atom stereocenters. The molecule has 0 spiro atoms. The first-order valence-corrected chi connectivity index (χ1v) is 8.92. The van der Waals surface area contributed by atoms with E-state index in [2.05, 4.69) is 5.32 Å². The van der Waals surface area contributed by atoms with Gasteiger partial charge in [-0.3, -0.25) is 4.79 Å². The SMILES string of the molecule is CC(C)(C)NC(=O)c1nn(-c2ccc(Cl)cc2)c2c1[C@@H]1CC[C@H]2C1. The largest absolute Gasteiger partial charge is 0.346 e. The third kappa shape index (κ3) is 2.53. The zero-order valence-electron chi connectivity index (χ0n) is 14.3. The Morgan fingerprint density at radius 3 is 2.54 bits per heavy atom. The van der Waals surface area contributed by atoms with Crippen LogP contribution >= 0.6 is 11.6 Å². The molecule has 5 heteroatoms. The molecule has 2 aromatic rings. The van der Waals surface area contributed by atoms with Crippen LogP contribution < -0.4 is 5.32 Å². The van der Waals surface area contributed by atoms with Gasteiger partial charge in [-0.15, -0.1) is 0 Å². The van der Waals surface area contributed by atoms with Crippen molar-refractivity contribution in [2.24, 2.45) is 0 Å². The first-order valence-electron chi connectivity index (χ1n) is 8.55. The molecule has 1 amide bonds. The maximum Gasteiger partial charge on any atom is 0.272 e. The summed E-state index contributed by atoms with van der Waals surface area (Å²) in [5.41, 5.74) is 3.70. The third-order valence-corrected chi connectivity index (χ3v) is 5.21. The minimum Gasteiger partial charge on any atom is -0.346 e. The first kappa shape index (κ1) is 15.7. The van der Waals surface area contributed by atoms with Gasteiger partial charge in [0.25, 0.3) is 5.91 Å². The number of nitrogens with zero attached hydrogens (tertiary/aromatic N) is 2. The van der Waals surface area contributed by atoms with Crippen molar-refractivity contribution in [3.05, 3.63) is 46.2 Å². The Hall–Kier alpha value is -1.81. The van der Waals surface area contributed by atoms with Crippen LogP contribution in [0.2, 0.25) is 5.02 Å². The topological polar surface area (TPSA) is 46.9 Å². The third-order valence-electron chi connectivity index (χ3n) is 4.96. The Morgan fingerprint density at radius 1 is 1.21 bits per heavy atom. The van der Waals surface area contributed by atoms with E-state index in [1.54, 1.807) is 0 Å². The van der Waals surface area contributed by atoms with E-state index < -0.39 is 0 Å². The summed E-state index contributed by atoms with van der Waals surface area (Å²) in [4.78, 5) is 12.8. The van der Waals surface area contributed by atoms with Gasteiger partial charge in [-0.05, 0) is 70.2 Å². The minimum absolute atomic E-state index is 0.0704. The fourth-order valence-electron chi connectivity index (χ4n) is 4.08. The van der Waals surface area contributed by atoms with Crippen molar-refractivity contribution in [2.75, 3.05) is 0 Å². The quantitative estimate of drug-likeness (QED) is 0.877. The van der Waals surface area contributed by atoms with E-state index >= 15 is 0 Å². The minimum atomic E-state index is -0.272. The molecule has 1 aromatic heterocycles. The van der Waals surface area contributed by atoms with Crippen LogP contribution in [0.4, 0.5) is 0 Å². The van der Waals surface area contributed by atoms with Crippen molar-refractivity contribution >= 4 is 17.5 Å². The molecule has 0 saturated heterocycles. The summed E-state index contributed by atoms with van der Waals surface area (Å²) in [6, 6.07) is 7.67. The zero-order chi connectivity index (χ0) is 17.1. The second-order valence-electron chi connectivity index (χ2n) is 7.95. The molecule has 1 heterocycles. The van der Waals surface area contributed by atoms with Gasteiger partial charge in [-0.25, -0.2) is 4.68 Å². The predicted octanol–water partition coefficient (Wildman–Crippen LogP) is 4.42. The average molecular weight is 344 g/mol. The maximum atomic E-state index is 12.8. The molecule has 1 aromatic carbocycles. The Morgan fingerprint density at radius 2 is 1.88 bits per heavy atom. The van der Waals surface area contributed by atoms with Crippen LogP contribution in [0.25, 0.3) is 5.69 Å². The number of hydrogen-bond donors (Lipinski definition) is 1. The molecule has 2 bridgehead atoms. The molecule has 1 fully saturated rings. The van der Waals surface area contributed by atoms with Crippen molar-refractivity contribution in [2.45, 2.75) is 57.4 Å². The molecule has 24 heavy (non-hydrogen) atoms. The Bertz CT molecular complexity index is 801. The highest BCUT2D eigenvalue weighted by molar-refractivity contribution is 6.30. The van der Waals surface area contributed by atoms with E-state index in [0.717, 1.165) is 12.1 Å². The average Bonchev–Trinajstić information content (AvgIpc) is 3.18. The second kappa shape index (κ2) is 5.35. The van der Waals surface area contributed by atoms with Crippen LogP contribution in [0.15, 0.2) is 24.3 Å². The Balaban J connectivity index is 1.82. The molecule has 126 valence electrons. The van der Waals surface area contributed by atoms with Crippen LogP contribution in [-0.4, -0.2) is 21.2 Å². The lowest BCUT2D eigenvalue weighted by Gasteiger charge is -2.20. The smallest absolute Gasteiger partial charge is 0.272 e. The van der Waals surface area contributed by atoms with Crippen LogP contribution in [0.5, 0.6) is 0 Å². The van der Waals surface area contributed by atoms with Gasteiger partial charge in [-0.2, -0.15) is 5.10 Å². The summed E-state index contributed by atoms with van der Waals surface area (Å²) in [6.07, 6.45) is 3.51. The van der Waals surface area contributed by atoms with E-state index in [-0.39, 0.29) is 11.4 Å². The van der Waals surface area contributed by atoms with Gasteiger partial charge in [0.15, 0.2) is 5.69 Å². The number of benzene rings is 1. The number of carbonyl (C=O) groups is 1. The lowest BCUT2D eigenvalue weighted by Crippen LogP contribution is -2.41. The fraction of sp³-hybridized carbons (Fsp3) is 0.474. The Kier molecular flexibility index (Phi) is 3.50. The summed E-state index contributed by atoms with van der Waals surface area (Å²) in [5.74, 6) is 0.926. The number of rotatable bonds is 2. The maximum absolute atomic E-state index is 12.8. The first-order chi connectivity index (χ1) is 11.3. The number of carbonyl (C=O) groups excluding carboxylic acids is 1. The van der Waals surface area contributed by atoms with Gasteiger partial charge in [0.2, 0.25) is 0 Å². The van der Waals surface area contributed by atoms with E-state index in [4.69, 9.17) is 16.7 Å². The highest BCUT2D eigenvalue weighted by atomic mass is 35.5. The molecule has 2 aliphatic carbocycles. The predicted molar refractivity (Wildman–Crippen MR) is 95.1 cm³/mol. The van der Waals surface area contributed by atoms with Gasteiger partial charge in [0, 0.05) is 22.0 Å². The van der Waals surface area contributed by atoms with E-state index in [9.17, 15) is 4.79 Å². The highest BCUT2D eigenvalue weighted by Gasteiger charge is 2.44. The van der Waals surface area contributed by atoms with Gasteiger partial charge < -0.3 is 5.32 Å². The molecular formula is C19H22ClN3O. The van der Waals surface area contributed by atoms with Gasteiger partial charge in [0.1, 0.15) is 0 Å². The lowest BCUT2D eigenvalue weighted by molar-refractivity contribution is 0.0912. The van der Waals surface area contributed by atoms with E-state index in [1.807, 2.05) is 49.7 Å². The normalized spacial score (nSPS) is 21.8. The van der Waals surface area contributed by atoms with Crippen molar-refractivity contribution in [1.29, 1.82) is 0 Å². The van der Waals surface area contributed by atoms with Crippen LogP contribution in [0.3, 0.4) is 0 Å². The number of nitrogens with one attached hydrogen (secondary N) is 1. The molecule has 4 rings (SSSR count). The summed E-state index contributed by atoms with van der Waals surface area (Å²) in [7, 11) is 0. The van der Waals surface area contributed by atoms with Crippen LogP contribution in [0, 0.1) is 0 Å². The van der Waals surface area contributed by atoms with Crippen molar-refractivity contribution < 1.29 is 4.79 Å². The molecule has 1 N–H and O–H groups in total. The number of halogens is 1. The fourth-order valence-corrected chi connectivity index (χ4v) is 4.20. The molecule has 2 aliphatic rings. The van der Waals surface area contributed by atoms with E-state index in [0.29, 0.717) is 22.6 Å². The molecule has 2 atom stereocenters. The van der Waals surface area contributed by atoms with E-state index in [1.165, 1.54) is 24.1 Å². The summed E-state index contributed by atoms with van der Waals surface area (Å²) in [5, 5.41) is 8.48. The van der Waals surface area contributed by atoms with Crippen molar-refractivity contribution in [1.82, 2.24) is 15.1 Å². The monoisotopic (exact) mass is 343 g/mol. The van der Waals surface area contributed by atoms with Gasteiger partial charge >= 0.3 is 0 Å². The van der Waals surface area contributed by atoms with Gasteiger partial charge in [0.05, 0.1) is 11.4 Å².